The van der Waals surface area contributed by atoms with Crippen molar-refractivity contribution in [3.8, 4) is 5.75 Å². The fraction of sp³-hybridized carbons (Fsp3) is 0.533. The van der Waals surface area contributed by atoms with E-state index in [1.165, 1.54) is 0 Å². The van der Waals surface area contributed by atoms with Crippen LogP contribution in [0.15, 0.2) is 24.3 Å². The third-order valence-corrected chi connectivity index (χ3v) is 3.57. The quantitative estimate of drug-likeness (QED) is 0.841. The Balaban J connectivity index is 0.00000220. The monoisotopic (exact) mass is 313 g/mol. The van der Waals surface area contributed by atoms with Gasteiger partial charge >= 0.3 is 0 Å². The van der Waals surface area contributed by atoms with Crippen LogP contribution in [-0.4, -0.2) is 43.1 Å². The molecule has 1 aliphatic rings. The van der Waals surface area contributed by atoms with Gasteiger partial charge in [0, 0.05) is 18.3 Å². The van der Waals surface area contributed by atoms with Crippen LogP contribution in [0.25, 0.3) is 0 Å². The molecule has 1 fully saturated rings. The molecule has 1 heterocycles. The fourth-order valence-electron chi connectivity index (χ4n) is 2.56. The van der Waals surface area contributed by atoms with Crippen molar-refractivity contribution in [3.63, 3.8) is 0 Å². The van der Waals surface area contributed by atoms with Crippen molar-refractivity contribution < 1.29 is 9.53 Å². The molecule has 1 aliphatic heterocycles. The number of amides is 1. The smallest absolute Gasteiger partial charge is 0.238 e. The topological polar surface area (TPSA) is 67.6 Å². The zero-order chi connectivity index (χ0) is 14.4. The molecule has 1 atom stereocenters. The summed E-state index contributed by atoms with van der Waals surface area (Å²) in [5, 5.41) is 2.91. The second-order valence-corrected chi connectivity index (χ2v) is 5.01. The molecule has 1 aromatic carbocycles. The van der Waals surface area contributed by atoms with E-state index < -0.39 is 0 Å². The van der Waals surface area contributed by atoms with Crippen molar-refractivity contribution in [3.05, 3.63) is 24.3 Å². The summed E-state index contributed by atoms with van der Waals surface area (Å²) in [6, 6.07) is 7.77. The Kier molecular flexibility index (Phi) is 7.50. The lowest BCUT2D eigenvalue weighted by molar-refractivity contribution is -0.117. The van der Waals surface area contributed by atoms with E-state index in [2.05, 4.69) is 10.2 Å². The van der Waals surface area contributed by atoms with Crippen LogP contribution in [0.4, 0.5) is 5.69 Å². The Morgan fingerprint density at radius 1 is 1.43 bits per heavy atom. The van der Waals surface area contributed by atoms with Crippen LogP contribution in [0.2, 0.25) is 0 Å². The van der Waals surface area contributed by atoms with Gasteiger partial charge in [0.05, 0.1) is 13.2 Å². The second kappa shape index (κ2) is 8.87. The average Bonchev–Trinajstić information content (AvgIpc) is 2.88. The molecule has 6 heteroatoms. The van der Waals surface area contributed by atoms with Crippen LogP contribution in [0, 0.1) is 0 Å². The van der Waals surface area contributed by atoms with Crippen molar-refractivity contribution in [2.45, 2.75) is 25.8 Å². The predicted octanol–water partition coefficient (Wildman–Crippen LogP) is 1.87. The molecule has 0 saturated carbocycles. The number of nitrogens with two attached hydrogens (primary N) is 1. The van der Waals surface area contributed by atoms with E-state index in [0.29, 0.717) is 25.7 Å². The van der Waals surface area contributed by atoms with Crippen LogP contribution in [0.5, 0.6) is 5.75 Å². The maximum Gasteiger partial charge on any atom is 0.238 e. The van der Waals surface area contributed by atoms with E-state index >= 15 is 0 Å². The van der Waals surface area contributed by atoms with Crippen molar-refractivity contribution in [2.75, 3.05) is 31.6 Å². The number of halogens is 1. The SMILES string of the molecule is CCOc1ccc(NC(=O)CN2CCCC2CN)cc1.Cl. The third kappa shape index (κ3) is 5.19. The molecule has 0 bridgehead atoms. The van der Waals surface area contributed by atoms with Gasteiger partial charge in [0.25, 0.3) is 0 Å². The lowest BCUT2D eigenvalue weighted by atomic mass is 10.2. The maximum absolute atomic E-state index is 12.0. The molecular weight excluding hydrogens is 290 g/mol. The Labute approximate surface area is 132 Å². The number of likely N-dealkylation sites (tertiary alicyclic amines) is 1. The second-order valence-electron chi connectivity index (χ2n) is 5.01. The Bertz CT molecular complexity index is 439. The lowest BCUT2D eigenvalue weighted by Crippen LogP contribution is -2.40. The highest BCUT2D eigenvalue weighted by Gasteiger charge is 2.24. The Morgan fingerprint density at radius 2 is 2.14 bits per heavy atom. The number of carbonyl (C=O) groups excluding carboxylic acids is 1. The van der Waals surface area contributed by atoms with Gasteiger partial charge in [0.15, 0.2) is 0 Å². The van der Waals surface area contributed by atoms with Crippen molar-refractivity contribution in [1.29, 1.82) is 0 Å². The molecule has 1 unspecified atom stereocenters. The predicted molar refractivity (Wildman–Crippen MR) is 87.1 cm³/mol. The van der Waals surface area contributed by atoms with Gasteiger partial charge in [-0.25, -0.2) is 0 Å². The van der Waals surface area contributed by atoms with Gasteiger partial charge in [-0.15, -0.1) is 12.4 Å². The summed E-state index contributed by atoms with van der Waals surface area (Å²) in [5.74, 6) is 0.822. The summed E-state index contributed by atoms with van der Waals surface area (Å²) < 4.78 is 5.37. The molecule has 0 radical (unpaired) electrons. The molecule has 0 aromatic heterocycles. The number of benzene rings is 1. The van der Waals surface area contributed by atoms with E-state index in [9.17, 15) is 4.79 Å². The largest absolute Gasteiger partial charge is 0.494 e. The normalized spacial score (nSPS) is 18.1. The number of rotatable bonds is 6. The highest BCUT2D eigenvalue weighted by molar-refractivity contribution is 5.92. The number of nitrogens with zero attached hydrogens (tertiary/aromatic N) is 1. The summed E-state index contributed by atoms with van der Waals surface area (Å²) in [5.41, 5.74) is 6.50. The van der Waals surface area contributed by atoms with E-state index in [0.717, 1.165) is 30.8 Å². The molecule has 2 rings (SSSR count). The molecule has 0 spiro atoms. The standard InChI is InChI=1S/C15H23N3O2.ClH/c1-2-20-14-7-5-12(6-8-14)17-15(19)11-18-9-3-4-13(18)10-16;/h5-8,13H,2-4,9-11,16H2,1H3,(H,17,19);1H. The first-order valence-electron chi connectivity index (χ1n) is 7.19. The van der Waals surface area contributed by atoms with Gasteiger partial charge in [-0.3, -0.25) is 9.69 Å². The molecule has 3 N–H and O–H groups in total. The minimum absolute atomic E-state index is 0. The third-order valence-electron chi connectivity index (χ3n) is 3.57. The highest BCUT2D eigenvalue weighted by Crippen LogP contribution is 2.17. The molecule has 1 aromatic rings. The van der Waals surface area contributed by atoms with Gasteiger partial charge < -0.3 is 15.8 Å². The first-order valence-corrected chi connectivity index (χ1v) is 7.19. The minimum Gasteiger partial charge on any atom is -0.494 e. The van der Waals surface area contributed by atoms with Crippen molar-refractivity contribution >= 4 is 24.0 Å². The summed E-state index contributed by atoms with van der Waals surface area (Å²) in [4.78, 5) is 14.2. The number of hydrogen-bond acceptors (Lipinski definition) is 4. The number of ether oxygens (including phenoxy) is 1. The molecule has 5 nitrogen and oxygen atoms in total. The van der Waals surface area contributed by atoms with Crippen molar-refractivity contribution in [1.82, 2.24) is 4.90 Å². The van der Waals surface area contributed by atoms with Gasteiger partial charge in [0.2, 0.25) is 5.91 Å². The van der Waals surface area contributed by atoms with Gasteiger partial charge in [0.1, 0.15) is 5.75 Å². The van der Waals surface area contributed by atoms with Crippen LogP contribution >= 0.6 is 12.4 Å². The highest BCUT2D eigenvalue weighted by atomic mass is 35.5. The van der Waals surface area contributed by atoms with Crippen molar-refractivity contribution in [2.24, 2.45) is 5.73 Å². The number of anilines is 1. The summed E-state index contributed by atoms with van der Waals surface area (Å²) >= 11 is 0. The van der Waals surface area contributed by atoms with Crippen LogP contribution < -0.4 is 15.8 Å². The molecule has 118 valence electrons. The molecule has 0 aliphatic carbocycles. The number of hydrogen-bond donors (Lipinski definition) is 2. The minimum atomic E-state index is 0. The zero-order valence-electron chi connectivity index (χ0n) is 12.4. The van der Waals surface area contributed by atoms with E-state index in [4.69, 9.17) is 10.5 Å². The van der Waals surface area contributed by atoms with E-state index in [-0.39, 0.29) is 18.3 Å². The first kappa shape index (κ1) is 17.8. The van der Waals surface area contributed by atoms with Crippen LogP contribution in [-0.2, 0) is 4.79 Å². The fourth-order valence-corrected chi connectivity index (χ4v) is 2.56. The maximum atomic E-state index is 12.0. The van der Waals surface area contributed by atoms with E-state index in [1.807, 2.05) is 31.2 Å². The lowest BCUT2D eigenvalue weighted by Gasteiger charge is -2.22. The average molecular weight is 314 g/mol. The molecular formula is C15H24ClN3O2. The zero-order valence-corrected chi connectivity index (χ0v) is 13.2. The summed E-state index contributed by atoms with van der Waals surface area (Å²) in [6.45, 7) is 4.57. The Morgan fingerprint density at radius 3 is 2.76 bits per heavy atom. The molecule has 1 amide bonds. The van der Waals surface area contributed by atoms with Crippen LogP contribution in [0.3, 0.4) is 0 Å². The summed E-state index contributed by atoms with van der Waals surface area (Å²) in [7, 11) is 0. The van der Waals surface area contributed by atoms with Gasteiger partial charge in [-0.05, 0) is 50.6 Å². The molecule has 1 saturated heterocycles. The van der Waals surface area contributed by atoms with Crippen LogP contribution in [0.1, 0.15) is 19.8 Å². The number of carbonyl (C=O) groups is 1. The van der Waals surface area contributed by atoms with Gasteiger partial charge in [-0.2, -0.15) is 0 Å². The Hall–Kier alpha value is -1.30. The first-order chi connectivity index (χ1) is 9.72. The molecule has 21 heavy (non-hydrogen) atoms. The van der Waals surface area contributed by atoms with E-state index in [1.54, 1.807) is 0 Å². The van der Waals surface area contributed by atoms with Gasteiger partial charge in [-0.1, -0.05) is 0 Å². The summed E-state index contributed by atoms with van der Waals surface area (Å²) in [6.07, 6.45) is 2.21. The number of nitrogens with one attached hydrogen (secondary N) is 1.